The summed E-state index contributed by atoms with van der Waals surface area (Å²) in [6, 6.07) is 9.34. The molecule has 0 spiro atoms. The highest BCUT2D eigenvalue weighted by Crippen LogP contribution is 2.21. The molecule has 5 nitrogen and oxygen atoms in total. The Morgan fingerprint density at radius 1 is 1.40 bits per heavy atom. The van der Waals surface area contributed by atoms with Gasteiger partial charge in [0.15, 0.2) is 0 Å². The predicted molar refractivity (Wildman–Crippen MR) is 72.9 cm³/mol. The van der Waals surface area contributed by atoms with Crippen molar-refractivity contribution in [2.45, 2.75) is 19.1 Å². The molecule has 2 unspecified atom stereocenters. The Morgan fingerprint density at radius 2 is 2.15 bits per heavy atom. The lowest BCUT2D eigenvalue weighted by molar-refractivity contribution is -0.138. The summed E-state index contributed by atoms with van der Waals surface area (Å²) in [6.07, 6.45) is 1.38. The second-order valence-electron chi connectivity index (χ2n) is 4.99. The highest BCUT2D eigenvalue weighted by Gasteiger charge is 2.34. The van der Waals surface area contributed by atoms with Crippen molar-refractivity contribution in [3.05, 3.63) is 35.9 Å². The molecular formula is C15H19NO4. The number of aliphatic hydroxyl groups excluding tert-OH is 1. The van der Waals surface area contributed by atoms with Crippen LogP contribution in [-0.2, 0) is 20.9 Å². The van der Waals surface area contributed by atoms with Crippen molar-refractivity contribution in [3.8, 4) is 0 Å². The average Bonchev–Trinajstić information content (AvgIpc) is 2.91. The Labute approximate surface area is 118 Å². The molecule has 108 valence electrons. The summed E-state index contributed by atoms with van der Waals surface area (Å²) in [7, 11) is 0. The monoisotopic (exact) mass is 277 g/mol. The number of likely N-dealkylation sites (tertiary alicyclic amines) is 1. The van der Waals surface area contributed by atoms with Crippen LogP contribution in [-0.4, -0.2) is 48.0 Å². The van der Waals surface area contributed by atoms with Gasteiger partial charge in [-0.3, -0.25) is 4.79 Å². The van der Waals surface area contributed by atoms with E-state index in [0.717, 1.165) is 11.8 Å². The molecule has 1 aromatic rings. The molecule has 1 aromatic carbocycles. The van der Waals surface area contributed by atoms with Crippen LogP contribution in [0.1, 0.15) is 12.0 Å². The first-order valence-corrected chi connectivity index (χ1v) is 6.72. The third-order valence-electron chi connectivity index (χ3n) is 3.51. The molecule has 20 heavy (non-hydrogen) atoms. The molecule has 0 radical (unpaired) electrons. The van der Waals surface area contributed by atoms with Crippen LogP contribution in [0.2, 0.25) is 0 Å². The minimum absolute atomic E-state index is 0.0308. The smallest absolute Gasteiger partial charge is 0.248 e. The Hall–Kier alpha value is -1.72. The first kappa shape index (κ1) is 14.7. The molecule has 5 heteroatoms. The van der Waals surface area contributed by atoms with Gasteiger partial charge in [0, 0.05) is 12.5 Å². The maximum Gasteiger partial charge on any atom is 0.248 e. The molecule has 1 fully saturated rings. The lowest BCUT2D eigenvalue weighted by Gasteiger charge is -2.22. The number of carbonyl (C=O) groups excluding carboxylic acids is 2. The summed E-state index contributed by atoms with van der Waals surface area (Å²) in [6.45, 7) is 0.606. The summed E-state index contributed by atoms with van der Waals surface area (Å²) in [5.74, 6) is -0.352. The third-order valence-corrected chi connectivity index (χ3v) is 3.51. The topological polar surface area (TPSA) is 66.8 Å². The van der Waals surface area contributed by atoms with Crippen LogP contribution in [0.15, 0.2) is 30.3 Å². The van der Waals surface area contributed by atoms with Crippen LogP contribution in [0.3, 0.4) is 0 Å². The molecule has 1 N–H and O–H groups in total. The normalized spacial score (nSPS) is 21.9. The Morgan fingerprint density at radius 3 is 2.80 bits per heavy atom. The molecule has 0 aromatic heterocycles. The average molecular weight is 277 g/mol. The molecule has 2 rings (SSSR count). The highest BCUT2D eigenvalue weighted by molar-refractivity contribution is 5.78. The molecule has 1 aliphatic rings. The number of carbonyl (C=O) groups is 2. The van der Waals surface area contributed by atoms with E-state index in [9.17, 15) is 14.7 Å². The summed E-state index contributed by atoms with van der Waals surface area (Å²) < 4.78 is 5.39. The number of ether oxygens (including phenoxy) is 1. The van der Waals surface area contributed by atoms with E-state index in [4.69, 9.17) is 4.74 Å². The van der Waals surface area contributed by atoms with Gasteiger partial charge < -0.3 is 19.5 Å². The lowest BCUT2D eigenvalue weighted by atomic mass is 10.1. The van der Waals surface area contributed by atoms with Gasteiger partial charge in [0.1, 0.15) is 12.9 Å². The standard InChI is InChI=1S/C15H19NO4/c17-8-13-6-14(9-18)16(7-13)15(19)11-20-10-12-4-2-1-3-5-12/h1-5,8,13-14,18H,6-7,9-11H2. The molecule has 0 bridgehead atoms. The van der Waals surface area contributed by atoms with Crippen molar-refractivity contribution in [2.75, 3.05) is 19.8 Å². The number of aldehydes is 1. The number of amides is 1. The fourth-order valence-electron chi connectivity index (χ4n) is 2.44. The van der Waals surface area contributed by atoms with E-state index in [1.807, 2.05) is 30.3 Å². The lowest BCUT2D eigenvalue weighted by Crippen LogP contribution is -2.40. The second-order valence-corrected chi connectivity index (χ2v) is 4.99. The van der Waals surface area contributed by atoms with Crippen molar-refractivity contribution >= 4 is 12.2 Å². The van der Waals surface area contributed by atoms with Crippen molar-refractivity contribution in [1.82, 2.24) is 4.90 Å². The van der Waals surface area contributed by atoms with Gasteiger partial charge >= 0.3 is 0 Å². The molecule has 2 atom stereocenters. The Balaban J connectivity index is 1.81. The SMILES string of the molecule is O=CC1CC(CO)N(C(=O)COCc2ccccc2)C1. The summed E-state index contributed by atoms with van der Waals surface area (Å²) in [5, 5.41) is 9.25. The van der Waals surface area contributed by atoms with E-state index in [0.29, 0.717) is 19.6 Å². The van der Waals surface area contributed by atoms with E-state index >= 15 is 0 Å². The first-order valence-electron chi connectivity index (χ1n) is 6.72. The third kappa shape index (κ3) is 3.65. The number of hydrogen-bond acceptors (Lipinski definition) is 4. The van der Waals surface area contributed by atoms with Crippen molar-refractivity contribution < 1.29 is 19.4 Å². The predicted octanol–water partition coefficient (Wildman–Crippen LogP) is 0.611. The molecule has 1 aliphatic heterocycles. The van der Waals surface area contributed by atoms with Crippen LogP contribution in [0.5, 0.6) is 0 Å². The molecule has 0 saturated carbocycles. The fourth-order valence-corrected chi connectivity index (χ4v) is 2.44. The van der Waals surface area contributed by atoms with Gasteiger partial charge in [0.2, 0.25) is 5.91 Å². The summed E-state index contributed by atoms with van der Waals surface area (Å²) in [5.41, 5.74) is 1.01. The maximum absolute atomic E-state index is 12.0. The Bertz CT molecular complexity index is 448. The van der Waals surface area contributed by atoms with E-state index in [1.165, 1.54) is 0 Å². The maximum atomic E-state index is 12.0. The number of rotatable bonds is 6. The van der Waals surface area contributed by atoms with Crippen LogP contribution >= 0.6 is 0 Å². The van der Waals surface area contributed by atoms with Gasteiger partial charge in [0.05, 0.1) is 19.3 Å². The molecular weight excluding hydrogens is 258 g/mol. The van der Waals surface area contributed by atoms with Gasteiger partial charge in [-0.1, -0.05) is 30.3 Å². The van der Waals surface area contributed by atoms with Crippen LogP contribution in [0.25, 0.3) is 0 Å². The van der Waals surface area contributed by atoms with Gasteiger partial charge in [0.25, 0.3) is 0 Å². The van der Waals surface area contributed by atoms with Crippen LogP contribution in [0.4, 0.5) is 0 Å². The van der Waals surface area contributed by atoms with Crippen molar-refractivity contribution in [1.29, 1.82) is 0 Å². The number of nitrogens with zero attached hydrogens (tertiary/aromatic N) is 1. The minimum Gasteiger partial charge on any atom is -0.394 e. The van der Waals surface area contributed by atoms with Crippen molar-refractivity contribution in [2.24, 2.45) is 5.92 Å². The zero-order chi connectivity index (χ0) is 14.4. The fraction of sp³-hybridized carbons (Fsp3) is 0.467. The Kier molecular flexibility index (Phi) is 5.26. The van der Waals surface area contributed by atoms with E-state index in [-0.39, 0.29) is 31.1 Å². The zero-order valence-electron chi connectivity index (χ0n) is 11.3. The summed E-state index contributed by atoms with van der Waals surface area (Å²) >= 11 is 0. The number of aliphatic hydroxyl groups is 1. The molecule has 1 saturated heterocycles. The van der Waals surface area contributed by atoms with Gasteiger partial charge in [-0.2, -0.15) is 0 Å². The van der Waals surface area contributed by atoms with E-state index in [1.54, 1.807) is 4.90 Å². The number of hydrogen-bond donors (Lipinski definition) is 1. The minimum atomic E-state index is -0.266. The van der Waals surface area contributed by atoms with Crippen molar-refractivity contribution in [3.63, 3.8) is 0 Å². The first-order chi connectivity index (χ1) is 9.74. The quantitative estimate of drug-likeness (QED) is 0.774. The molecule has 1 amide bonds. The zero-order valence-corrected chi connectivity index (χ0v) is 11.3. The van der Waals surface area contributed by atoms with E-state index in [2.05, 4.69) is 0 Å². The largest absolute Gasteiger partial charge is 0.394 e. The van der Waals surface area contributed by atoms with Gasteiger partial charge in [-0.25, -0.2) is 0 Å². The second kappa shape index (κ2) is 7.17. The highest BCUT2D eigenvalue weighted by atomic mass is 16.5. The van der Waals surface area contributed by atoms with E-state index < -0.39 is 0 Å². The molecule has 0 aliphatic carbocycles. The number of benzene rings is 1. The summed E-state index contributed by atoms with van der Waals surface area (Å²) in [4.78, 5) is 24.4. The van der Waals surface area contributed by atoms with Gasteiger partial charge in [-0.15, -0.1) is 0 Å². The molecule has 1 heterocycles. The van der Waals surface area contributed by atoms with Gasteiger partial charge in [-0.05, 0) is 12.0 Å². The van der Waals surface area contributed by atoms with Crippen LogP contribution in [0, 0.1) is 5.92 Å². The van der Waals surface area contributed by atoms with Crippen LogP contribution < -0.4 is 0 Å².